The summed E-state index contributed by atoms with van der Waals surface area (Å²) in [4.78, 5) is 41.9. The lowest BCUT2D eigenvalue weighted by molar-refractivity contribution is 0.0499. The third-order valence-electron chi connectivity index (χ3n) is 7.20. The van der Waals surface area contributed by atoms with Crippen LogP contribution in [0.3, 0.4) is 0 Å². The zero-order chi connectivity index (χ0) is 29.8. The smallest absolute Gasteiger partial charge is 0.338 e. The maximum Gasteiger partial charge on any atom is 0.338 e. The number of ether oxygens (including phenoxy) is 3. The number of hydrogen-bond acceptors (Lipinski definition) is 7. The number of esters is 1. The molecule has 0 bridgehead atoms. The second kappa shape index (κ2) is 12.8. The standard InChI is InChI=1S/C33H32BrNO7/c1-4-6-16-40-26-14-10-21(18-27(26)39-3)29-28-30(36)24-19-22(34)11-15-25(24)42-31(28)32(37)35(29)23-12-8-20(9-13-23)33(38)41-17-7-5-2/h8-15,18-19,29H,4-7,16-17H2,1-3H3. The minimum atomic E-state index is -0.812. The molecule has 0 radical (unpaired) electrons. The molecule has 2 heterocycles. The number of rotatable bonds is 11. The van der Waals surface area contributed by atoms with Gasteiger partial charge in [-0.05, 0) is 73.0 Å². The number of anilines is 1. The van der Waals surface area contributed by atoms with E-state index in [-0.39, 0.29) is 16.8 Å². The van der Waals surface area contributed by atoms with Crippen molar-refractivity contribution in [1.82, 2.24) is 0 Å². The fourth-order valence-electron chi connectivity index (χ4n) is 4.98. The first-order valence-corrected chi connectivity index (χ1v) is 14.8. The van der Waals surface area contributed by atoms with Gasteiger partial charge in [0.25, 0.3) is 5.91 Å². The van der Waals surface area contributed by atoms with E-state index in [1.54, 1.807) is 61.7 Å². The van der Waals surface area contributed by atoms with Crippen molar-refractivity contribution in [3.05, 3.63) is 97.8 Å². The van der Waals surface area contributed by atoms with Crippen LogP contribution in [0.5, 0.6) is 11.5 Å². The molecular weight excluding hydrogens is 602 g/mol. The van der Waals surface area contributed by atoms with Gasteiger partial charge in [0.15, 0.2) is 16.9 Å². The molecule has 1 unspecified atom stereocenters. The van der Waals surface area contributed by atoms with E-state index in [4.69, 9.17) is 18.6 Å². The van der Waals surface area contributed by atoms with Crippen LogP contribution in [0.1, 0.15) is 77.6 Å². The number of halogens is 1. The molecule has 5 rings (SSSR count). The van der Waals surface area contributed by atoms with Crippen molar-refractivity contribution < 1.29 is 28.2 Å². The average molecular weight is 635 g/mol. The van der Waals surface area contributed by atoms with Crippen molar-refractivity contribution in [2.75, 3.05) is 25.2 Å². The fourth-order valence-corrected chi connectivity index (χ4v) is 5.34. The molecule has 0 N–H and O–H groups in total. The lowest BCUT2D eigenvalue weighted by Crippen LogP contribution is -2.29. The molecule has 0 saturated carbocycles. The molecule has 1 aliphatic rings. The van der Waals surface area contributed by atoms with E-state index in [1.165, 1.54) is 4.90 Å². The summed E-state index contributed by atoms with van der Waals surface area (Å²) in [5, 5.41) is 0.361. The predicted octanol–water partition coefficient (Wildman–Crippen LogP) is 7.45. The minimum absolute atomic E-state index is 0.0230. The molecule has 42 heavy (non-hydrogen) atoms. The number of hydrogen-bond donors (Lipinski definition) is 0. The highest BCUT2D eigenvalue weighted by Crippen LogP contribution is 2.43. The van der Waals surface area contributed by atoms with Crippen LogP contribution in [-0.4, -0.2) is 32.2 Å². The van der Waals surface area contributed by atoms with Crippen LogP contribution in [0.4, 0.5) is 5.69 Å². The Kier molecular flexibility index (Phi) is 8.97. The van der Waals surface area contributed by atoms with Gasteiger partial charge in [-0.3, -0.25) is 14.5 Å². The first-order valence-electron chi connectivity index (χ1n) is 14.1. The van der Waals surface area contributed by atoms with Gasteiger partial charge in [0.1, 0.15) is 5.58 Å². The summed E-state index contributed by atoms with van der Waals surface area (Å²) in [5.74, 6) is 0.149. The molecule has 0 spiro atoms. The maximum absolute atomic E-state index is 14.0. The van der Waals surface area contributed by atoms with Crippen LogP contribution in [0.2, 0.25) is 0 Å². The van der Waals surface area contributed by atoms with E-state index < -0.39 is 17.9 Å². The van der Waals surface area contributed by atoms with Crippen LogP contribution in [0.15, 0.2) is 74.3 Å². The van der Waals surface area contributed by atoms with E-state index in [2.05, 4.69) is 22.9 Å². The predicted molar refractivity (Wildman–Crippen MR) is 164 cm³/mol. The zero-order valence-corrected chi connectivity index (χ0v) is 25.4. The zero-order valence-electron chi connectivity index (χ0n) is 23.8. The largest absolute Gasteiger partial charge is 0.493 e. The molecule has 8 nitrogen and oxygen atoms in total. The average Bonchev–Trinajstić information content (AvgIpc) is 3.30. The summed E-state index contributed by atoms with van der Waals surface area (Å²) in [6, 6.07) is 16.3. The van der Waals surface area contributed by atoms with E-state index in [9.17, 15) is 14.4 Å². The topological polar surface area (TPSA) is 95.3 Å². The summed E-state index contributed by atoms with van der Waals surface area (Å²) in [5.41, 5.74) is 1.76. The van der Waals surface area contributed by atoms with Gasteiger partial charge in [-0.15, -0.1) is 0 Å². The quantitative estimate of drug-likeness (QED) is 0.125. The SMILES string of the molecule is CCCCOC(=O)c1ccc(N2C(=O)c3oc4ccc(Br)cc4c(=O)c3C2c2ccc(OCCCC)c(OC)c2)cc1. The van der Waals surface area contributed by atoms with E-state index >= 15 is 0 Å². The second-order valence-corrected chi connectivity index (χ2v) is 11.0. The van der Waals surface area contributed by atoms with Crippen molar-refractivity contribution in [2.45, 2.75) is 45.6 Å². The van der Waals surface area contributed by atoms with Crippen molar-refractivity contribution in [1.29, 1.82) is 0 Å². The van der Waals surface area contributed by atoms with E-state index in [0.717, 1.165) is 30.2 Å². The van der Waals surface area contributed by atoms with Gasteiger partial charge in [-0.25, -0.2) is 4.79 Å². The van der Waals surface area contributed by atoms with Crippen LogP contribution >= 0.6 is 15.9 Å². The number of benzene rings is 3. The number of unbranched alkanes of at least 4 members (excludes halogenated alkanes) is 2. The van der Waals surface area contributed by atoms with Gasteiger partial charge < -0.3 is 18.6 Å². The highest BCUT2D eigenvalue weighted by Gasteiger charge is 2.44. The Labute approximate surface area is 252 Å². The fraction of sp³-hybridized carbons (Fsp3) is 0.303. The molecular formula is C33H32BrNO7. The summed E-state index contributed by atoms with van der Waals surface area (Å²) in [6.45, 7) is 4.99. The van der Waals surface area contributed by atoms with Gasteiger partial charge >= 0.3 is 5.97 Å². The van der Waals surface area contributed by atoms with Crippen LogP contribution < -0.4 is 19.8 Å². The van der Waals surface area contributed by atoms with Gasteiger partial charge in [0.05, 0.1) is 42.9 Å². The maximum atomic E-state index is 14.0. The normalized spacial score (nSPS) is 14.2. The van der Waals surface area contributed by atoms with Gasteiger partial charge in [-0.1, -0.05) is 48.7 Å². The molecule has 0 saturated heterocycles. The van der Waals surface area contributed by atoms with E-state index in [0.29, 0.717) is 52.5 Å². The highest BCUT2D eigenvalue weighted by molar-refractivity contribution is 9.10. The van der Waals surface area contributed by atoms with Crippen LogP contribution in [0.25, 0.3) is 11.0 Å². The number of carbonyl (C=O) groups is 2. The summed E-state index contributed by atoms with van der Waals surface area (Å²) in [7, 11) is 1.55. The lowest BCUT2D eigenvalue weighted by atomic mass is 9.97. The highest BCUT2D eigenvalue weighted by atomic mass is 79.9. The Balaban J connectivity index is 1.61. The van der Waals surface area contributed by atoms with Crippen molar-refractivity contribution >= 4 is 44.5 Å². The van der Waals surface area contributed by atoms with Gasteiger partial charge in [0, 0.05) is 10.2 Å². The Morgan fingerprint density at radius 3 is 2.38 bits per heavy atom. The Morgan fingerprint density at radius 2 is 1.67 bits per heavy atom. The third-order valence-corrected chi connectivity index (χ3v) is 7.70. The van der Waals surface area contributed by atoms with Crippen molar-refractivity contribution in [3.63, 3.8) is 0 Å². The lowest BCUT2D eigenvalue weighted by Gasteiger charge is -2.26. The molecule has 0 aliphatic carbocycles. The first kappa shape index (κ1) is 29.4. The number of fused-ring (bicyclic) bond motifs is 2. The molecule has 9 heteroatoms. The van der Waals surface area contributed by atoms with Gasteiger partial charge in [0.2, 0.25) is 5.76 Å². The molecule has 3 aromatic carbocycles. The molecule has 1 aromatic heterocycles. The number of nitrogens with zero attached hydrogens (tertiary/aromatic N) is 1. The number of amides is 1. The Hall–Kier alpha value is -4.11. The van der Waals surface area contributed by atoms with Gasteiger partial charge in [-0.2, -0.15) is 0 Å². The second-order valence-electron chi connectivity index (χ2n) is 10.0. The van der Waals surface area contributed by atoms with Crippen LogP contribution in [0, 0.1) is 0 Å². The van der Waals surface area contributed by atoms with Crippen LogP contribution in [-0.2, 0) is 4.74 Å². The van der Waals surface area contributed by atoms with E-state index in [1.807, 2.05) is 13.0 Å². The molecule has 4 aromatic rings. The van der Waals surface area contributed by atoms with Crippen molar-refractivity contribution in [3.8, 4) is 11.5 Å². The molecule has 1 atom stereocenters. The minimum Gasteiger partial charge on any atom is -0.493 e. The first-order chi connectivity index (χ1) is 20.4. The number of carbonyl (C=O) groups excluding carboxylic acids is 2. The third kappa shape index (κ3) is 5.66. The molecule has 0 fully saturated rings. The number of methoxy groups -OCH3 is 1. The van der Waals surface area contributed by atoms with Crippen molar-refractivity contribution in [2.24, 2.45) is 0 Å². The molecule has 1 aliphatic heterocycles. The Morgan fingerprint density at radius 1 is 0.929 bits per heavy atom. The molecule has 218 valence electrons. The summed E-state index contributed by atoms with van der Waals surface area (Å²) < 4.78 is 23.7. The molecule has 1 amide bonds. The summed E-state index contributed by atoms with van der Waals surface area (Å²) >= 11 is 3.43. The summed E-state index contributed by atoms with van der Waals surface area (Å²) in [6.07, 6.45) is 3.59. The monoisotopic (exact) mass is 633 g/mol. The Bertz CT molecular complexity index is 1680.